The van der Waals surface area contributed by atoms with E-state index in [1.807, 2.05) is 0 Å². The molecule has 5 heteroatoms. The van der Waals surface area contributed by atoms with Gasteiger partial charge in [-0.25, -0.2) is 8.42 Å². The fourth-order valence-corrected chi connectivity index (χ4v) is 3.48. The highest BCUT2D eigenvalue weighted by molar-refractivity contribution is 7.91. The van der Waals surface area contributed by atoms with E-state index in [2.05, 4.69) is 5.32 Å². The van der Waals surface area contributed by atoms with Crippen molar-refractivity contribution in [3.63, 3.8) is 0 Å². The molecule has 0 spiro atoms. The first-order valence-corrected chi connectivity index (χ1v) is 8.88. The molecule has 0 heterocycles. The van der Waals surface area contributed by atoms with E-state index in [0.717, 1.165) is 25.9 Å². The van der Waals surface area contributed by atoms with Crippen molar-refractivity contribution >= 4 is 9.84 Å². The molecule has 2 N–H and O–H groups in total. The molecular formula is C13H27NO3S. The number of sulfone groups is 1. The Morgan fingerprint density at radius 3 is 2.44 bits per heavy atom. The van der Waals surface area contributed by atoms with Gasteiger partial charge in [-0.3, -0.25) is 0 Å². The minimum Gasteiger partial charge on any atom is -0.396 e. The van der Waals surface area contributed by atoms with Gasteiger partial charge in [0, 0.05) is 24.3 Å². The van der Waals surface area contributed by atoms with Gasteiger partial charge >= 0.3 is 0 Å². The second-order valence-corrected chi connectivity index (χ2v) is 7.96. The maximum absolute atomic E-state index is 11.3. The van der Waals surface area contributed by atoms with Gasteiger partial charge in [-0.15, -0.1) is 0 Å². The topological polar surface area (TPSA) is 66.4 Å². The van der Waals surface area contributed by atoms with Gasteiger partial charge in [0.2, 0.25) is 0 Å². The summed E-state index contributed by atoms with van der Waals surface area (Å²) in [6, 6.07) is 0. The zero-order valence-electron chi connectivity index (χ0n) is 11.5. The molecule has 0 aromatic heterocycles. The first-order chi connectivity index (χ1) is 8.54. The van der Waals surface area contributed by atoms with Crippen LogP contribution in [0.1, 0.15) is 45.4 Å². The molecule has 0 bridgehead atoms. The third-order valence-electron chi connectivity index (χ3n) is 4.00. The standard InChI is InChI=1S/C13H27NO3S/c1-2-18(16,17)10-6-9-14-11-13(12-15)7-4-3-5-8-13/h14-15H,2-12H2,1H3. The van der Waals surface area contributed by atoms with Crippen LogP contribution in [0.25, 0.3) is 0 Å². The SMILES string of the molecule is CCS(=O)(=O)CCCNCC1(CO)CCCCC1. The molecule has 0 aromatic carbocycles. The first-order valence-electron chi connectivity index (χ1n) is 7.06. The lowest BCUT2D eigenvalue weighted by Gasteiger charge is -2.35. The van der Waals surface area contributed by atoms with Crippen molar-refractivity contribution in [2.45, 2.75) is 45.4 Å². The molecule has 0 aromatic rings. The van der Waals surface area contributed by atoms with Gasteiger partial charge in [-0.2, -0.15) is 0 Å². The summed E-state index contributed by atoms with van der Waals surface area (Å²) in [7, 11) is -2.83. The molecule has 0 aliphatic heterocycles. The van der Waals surface area contributed by atoms with Crippen molar-refractivity contribution < 1.29 is 13.5 Å². The highest BCUT2D eigenvalue weighted by Gasteiger charge is 2.30. The molecule has 4 nitrogen and oxygen atoms in total. The number of nitrogens with one attached hydrogen (secondary N) is 1. The average Bonchev–Trinajstić information content (AvgIpc) is 2.39. The van der Waals surface area contributed by atoms with Gasteiger partial charge < -0.3 is 10.4 Å². The molecule has 0 amide bonds. The summed E-state index contributed by atoms with van der Waals surface area (Å²) < 4.78 is 22.6. The van der Waals surface area contributed by atoms with E-state index < -0.39 is 9.84 Å². The van der Waals surface area contributed by atoms with Crippen molar-refractivity contribution in [2.24, 2.45) is 5.41 Å². The molecule has 1 saturated carbocycles. The van der Waals surface area contributed by atoms with E-state index in [1.165, 1.54) is 19.3 Å². The quantitative estimate of drug-likeness (QED) is 0.657. The fourth-order valence-electron chi connectivity index (χ4n) is 2.61. The number of aliphatic hydroxyl groups is 1. The third kappa shape index (κ3) is 5.24. The molecule has 0 unspecified atom stereocenters. The summed E-state index contributed by atoms with van der Waals surface area (Å²) >= 11 is 0. The Bertz CT molecular complexity index is 321. The van der Waals surface area contributed by atoms with Crippen molar-refractivity contribution in [1.29, 1.82) is 0 Å². The van der Waals surface area contributed by atoms with Crippen LogP contribution >= 0.6 is 0 Å². The van der Waals surface area contributed by atoms with Crippen molar-refractivity contribution in [3.8, 4) is 0 Å². The van der Waals surface area contributed by atoms with Crippen LogP contribution in [0, 0.1) is 5.41 Å². The molecule has 1 fully saturated rings. The minimum absolute atomic E-state index is 0.0435. The van der Waals surface area contributed by atoms with E-state index in [4.69, 9.17) is 0 Å². The van der Waals surface area contributed by atoms with Crippen LogP contribution in [0.2, 0.25) is 0 Å². The average molecular weight is 277 g/mol. The zero-order chi connectivity index (χ0) is 13.5. The Kier molecular flexibility index (Phi) is 6.60. The molecule has 0 atom stereocenters. The lowest BCUT2D eigenvalue weighted by molar-refractivity contribution is 0.0816. The Labute approximate surface area is 111 Å². The number of aliphatic hydroxyl groups excluding tert-OH is 1. The lowest BCUT2D eigenvalue weighted by Crippen LogP contribution is -2.39. The maximum Gasteiger partial charge on any atom is 0.150 e. The van der Waals surface area contributed by atoms with Crippen LogP contribution in [0.3, 0.4) is 0 Å². The van der Waals surface area contributed by atoms with Crippen LogP contribution in [0.5, 0.6) is 0 Å². The van der Waals surface area contributed by atoms with Gasteiger partial charge in [0.15, 0.2) is 0 Å². The predicted octanol–water partition coefficient (Wildman–Crippen LogP) is 1.34. The number of hydrogen-bond acceptors (Lipinski definition) is 4. The van der Waals surface area contributed by atoms with Crippen LogP contribution in [0.15, 0.2) is 0 Å². The smallest absolute Gasteiger partial charge is 0.150 e. The summed E-state index contributed by atoms with van der Waals surface area (Å²) in [6.45, 7) is 3.47. The van der Waals surface area contributed by atoms with Crippen molar-refractivity contribution in [2.75, 3.05) is 31.2 Å². The van der Waals surface area contributed by atoms with Crippen molar-refractivity contribution in [1.82, 2.24) is 5.32 Å². The lowest BCUT2D eigenvalue weighted by atomic mass is 9.74. The van der Waals surface area contributed by atoms with Crippen LogP contribution in [-0.4, -0.2) is 44.7 Å². The van der Waals surface area contributed by atoms with Gasteiger partial charge in [-0.05, 0) is 25.8 Å². The molecule has 0 radical (unpaired) electrons. The van der Waals surface area contributed by atoms with E-state index in [0.29, 0.717) is 6.42 Å². The highest BCUT2D eigenvalue weighted by Crippen LogP contribution is 2.35. The summed E-state index contributed by atoms with van der Waals surface area (Å²) in [5, 5.41) is 12.8. The second-order valence-electron chi connectivity index (χ2n) is 5.49. The summed E-state index contributed by atoms with van der Waals surface area (Å²) in [6.07, 6.45) is 6.51. The Morgan fingerprint density at radius 1 is 1.22 bits per heavy atom. The second kappa shape index (κ2) is 7.46. The van der Waals surface area contributed by atoms with E-state index >= 15 is 0 Å². The van der Waals surface area contributed by atoms with Crippen LogP contribution in [-0.2, 0) is 9.84 Å². The Morgan fingerprint density at radius 2 is 1.89 bits per heavy atom. The van der Waals surface area contributed by atoms with Gasteiger partial charge in [0.1, 0.15) is 9.84 Å². The summed E-state index contributed by atoms with van der Waals surface area (Å²) in [5.74, 6) is 0.496. The molecule has 18 heavy (non-hydrogen) atoms. The van der Waals surface area contributed by atoms with E-state index in [9.17, 15) is 13.5 Å². The molecule has 108 valence electrons. The van der Waals surface area contributed by atoms with Gasteiger partial charge in [0.25, 0.3) is 0 Å². The number of rotatable bonds is 8. The van der Waals surface area contributed by atoms with Gasteiger partial charge in [-0.1, -0.05) is 26.2 Å². The largest absolute Gasteiger partial charge is 0.396 e. The van der Waals surface area contributed by atoms with Gasteiger partial charge in [0.05, 0.1) is 5.75 Å². The fraction of sp³-hybridized carbons (Fsp3) is 1.00. The van der Waals surface area contributed by atoms with E-state index in [-0.39, 0.29) is 23.5 Å². The first kappa shape index (κ1) is 15.9. The highest BCUT2D eigenvalue weighted by atomic mass is 32.2. The monoisotopic (exact) mass is 277 g/mol. The number of hydrogen-bond donors (Lipinski definition) is 2. The van der Waals surface area contributed by atoms with Crippen molar-refractivity contribution in [3.05, 3.63) is 0 Å². The molecule has 1 aliphatic carbocycles. The molecular weight excluding hydrogens is 250 g/mol. The Balaban J connectivity index is 2.20. The normalized spacial score (nSPS) is 19.9. The van der Waals surface area contributed by atoms with Crippen LogP contribution < -0.4 is 5.32 Å². The summed E-state index contributed by atoms with van der Waals surface area (Å²) in [4.78, 5) is 0. The minimum atomic E-state index is -2.83. The Hall–Kier alpha value is -0.130. The predicted molar refractivity (Wildman–Crippen MR) is 74.4 cm³/mol. The third-order valence-corrected chi connectivity index (χ3v) is 5.79. The van der Waals surface area contributed by atoms with E-state index in [1.54, 1.807) is 6.92 Å². The zero-order valence-corrected chi connectivity index (χ0v) is 12.3. The summed E-state index contributed by atoms with van der Waals surface area (Å²) in [5.41, 5.74) is 0.0435. The molecule has 1 rings (SSSR count). The maximum atomic E-state index is 11.3. The van der Waals surface area contributed by atoms with Crippen LogP contribution in [0.4, 0.5) is 0 Å². The molecule has 0 saturated heterocycles. The molecule has 1 aliphatic rings.